The number of hydrogen-bond acceptors (Lipinski definition) is 6. The number of rotatable bonds is 8. The molecule has 2 unspecified atom stereocenters. The standard InChI is InChI=1S/C29H37FN8O3/c1-29(2,3)27(40)33-24(26(39)38-14-6-7-20(18-38)15-19-10-12-22(30)13-11-19)17-31-28(41)32-23-9-5-8-21(16-23)25-34-35-36-37(25)4/h5,8-13,16,20,24H,6-7,14-15,17-18H2,1-4H3,(H,33,40)(H2,31,32,41). The van der Waals surface area contributed by atoms with Gasteiger partial charge in [-0.15, -0.1) is 5.10 Å². The molecule has 3 aromatic rings. The second-order valence-electron chi connectivity index (χ2n) is 11.4. The van der Waals surface area contributed by atoms with Crippen molar-refractivity contribution in [1.82, 2.24) is 35.7 Å². The third kappa shape index (κ3) is 8.09. The van der Waals surface area contributed by atoms with E-state index in [1.165, 1.54) is 16.8 Å². The molecule has 0 saturated carbocycles. The number of amides is 4. The molecule has 4 rings (SSSR count). The molecule has 0 aliphatic carbocycles. The number of urea groups is 1. The van der Waals surface area contributed by atoms with Crippen LogP contribution in [0.4, 0.5) is 14.9 Å². The Balaban J connectivity index is 1.40. The second kappa shape index (κ2) is 12.9. The number of hydrogen-bond donors (Lipinski definition) is 3. The van der Waals surface area contributed by atoms with Gasteiger partial charge in [0.2, 0.25) is 11.8 Å². The van der Waals surface area contributed by atoms with E-state index >= 15 is 0 Å². The van der Waals surface area contributed by atoms with Gasteiger partial charge in [-0.25, -0.2) is 13.9 Å². The van der Waals surface area contributed by atoms with Gasteiger partial charge in [-0.05, 0) is 65.4 Å². The number of carbonyl (C=O) groups excluding carboxylic acids is 3. The summed E-state index contributed by atoms with van der Waals surface area (Å²) >= 11 is 0. The van der Waals surface area contributed by atoms with E-state index < -0.39 is 17.5 Å². The number of piperidine rings is 1. The highest BCUT2D eigenvalue weighted by Gasteiger charge is 2.33. The topological polar surface area (TPSA) is 134 Å². The molecule has 218 valence electrons. The number of benzene rings is 2. The van der Waals surface area contributed by atoms with E-state index in [0.29, 0.717) is 24.6 Å². The Morgan fingerprint density at radius 2 is 1.88 bits per heavy atom. The summed E-state index contributed by atoms with van der Waals surface area (Å²) in [6.07, 6.45) is 2.50. The Hall–Kier alpha value is -4.35. The Labute approximate surface area is 238 Å². The number of anilines is 1. The van der Waals surface area contributed by atoms with Crippen LogP contribution in [0.25, 0.3) is 11.4 Å². The van der Waals surface area contributed by atoms with Crippen molar-refractivity contribution in [2.75, 3.05) is 25.0 Å². The average molecular weight is 565 g/mol. The Bertz CT molecular complexity index is 1370. The molecule has 2 atom stereocenters. The molecule has 2 aromatic carbocycles. The minimum absolute atomic E-state index is 0.0848. The summed E-state index contributed by atoms with van der Waals surface area (Å²) < 4.78 is 14.8. The SMILES string of the molecule is Cn1nnnc1-c1cccc(NC(=O)NCC(NC(=O)C(C)(C)C)C(=O)N2CCCC(Cc3ccc(F)cc3)C2)c1. The first-order valence-corrected chi connectivity index (χ1v) is 13.7. The van der Waals surface area contributed by atoms with Crippen LogP contribution in [0, 0.1) is 17.2 Å². The lowest BCUT2D eigenvalue weighted by Gasteiger charge is -2.36. The molecule has 0 bridgehead atoms. The van der Waals surface area contributed by atoms with E-state index in [4.69, 9.17) is 0 Å². The van der Waals surface area contributed by atoms with Crippen molar-refractivity contribution in [3.63, 3.8) is 0 Å². The van der Waals surface area contributed by atoms with Crippen molar-refractivity contribution in [2.24, 2.45) is 18.4 Å². The smallest absolute Gasteiger partial charge is 0.319 e. The van der Waals surface area contributed by atoms with Gasteiger partial charge in [0.1, 0.15) is 11.9 Å². The summed E-state index contributed by atoms with van der Waals surface area (Å²) in [6.45, 7) is 6.30. The van der Waals surface area contributed by atoms with Gasteiger partial charge in [0.15, 0.2) is 5.82 Å². The van der Waals surface area contributed by atoms with E-state index in [1.54, 1.807) is 63.1 Å². The van der Waals surface area contributed by atoms with Gasteiger partial charge in [0.25, 0.3) is 0 Å². The van der Waals surface area contributed by atoms with Crippen LogP contribution < -0.4 is 16.0 Å². The number of carbonyl (C=O) groups is 3. The molecule has 11 nitrogen and oxygen atoms in total. The molecule has 4 amide bonds. The average Bonchev–Trinajstić information content (AvgIpc) is 3.37. The van der Waals surface area contributed by atoms with E-state index in [2.05, 4.69) is 31.5 Å². The molecule has 12 heteroatoms. The first-order chi connectivity index (χ1) is 19.5. The fourth-order valence-corrected chi connectivity index (χ4v) is 4.76. The van der Waals surface area contributed by atoms with Gasteiger partial charge < -0.3 is 20.9 Å². The number of aromatic nitrogens is 4. The summed E-state index contributed by atoms with van der Waals surface area (Å²) in [5.41, 5.74) is 1.54. The summed E-state index contributed by atoms with van der Waals surface area (Å²) in [4.78, 5) is 41.1. The summed E-state index contributed by atoms with van der Waals surface area (Å²) in [6, 6.07) is 12.0. The van der Waals surface area contributed by atoms with Crippen molar-refractivity contribution in [3.8, 4) is 11.4 Å². The first kappa shape index (κ1) is 29.6. The van der Waals surface area contributed by atoms with Gasteiger partial charge >= 0.3 is 6.03 Å². The number of likely N-dealkylation sites (tertiary alicyclic amines) is 1. The molecule has 1 fully saturated rings. The molecule has 0 radical (unpaired) electrons. The molecule has 1 saturated heterocycles. The highest BCUT2D eigenvalue weighted by molar-refractivity contribution is 5.92. The van der Waals surface area contributed by atoms with Crippen LogP contribution in [0.15, 0.2) is 48.5 Å². The molecular weight excluding hydrogens is 527 g/mol. The van der Waals surface area contributed by atoms with Crippen LogP contribution in [0.3, 0.4) is 0 Å². The van der Waals surface area contributed by atoms with Gasteiger partial charge in [0, 0.05) is 43.3 Å². The van der Waals surface area contributed by atoms with Crippen molar-refractivity contribution in [2.45, 2.75) is 46.1 Å². The van der Waals surface area contributed by atoms with Crippen molar-refractivity contribution in [3.05, 3.63) is 59.9 Å². The number of nitrogens with one attached hydrogen (secondary N) is 3. The largest absolute Gasteiger partial charge is 0.342 e. The predicted molar refractivity (Wildman–Crippen MR) is 152 cm³/mol. The third-order valence-electron chi connectivity index (χ3n) is 7.02. The Morgan fingerprint density at radius 1 is 1.12 bits per heavy atom. The lowest BCUT2D eigenvalue weighted by molar-refractivity contribution is -0.139. The quantitative estimate of drug-likeness (QED) is 0.385. The molecular formula is C29H37FN8O3. The maximum absolute atomic E-state index is 13.7. The maximum Gasteiger partial charge on any atom is 0.319 e. The summed E-state index contributed by atoms with van der Waals surface area (Å²) in [7, 11) is 1.72. The zero-order valence-corrected chi connectivity index (χ0v) is 23.9. The predicted octanol–water partition coefficient (Wildman–Crippen LogP) is 3.15. The number of aryl methyl sites for hydroxylation is 1. The summed E-state index contributed by atoms with van der Waals surface area (Å²) in [5, 5.41) is 19.8. The van der Waals surface area contributed by atoms with E-state index in [9.17, 15) is 18.8 Å². The number of nitrogens with zero attached hydrogens (tertiary/aromatic N) is 5. The van der Waals surface area contributed by atoms with Crippen molar-refractivity contribution in [1.29, 1.82) is 0 Å². The monoisotopic (exact) mass is 564 g/mol. The minimum Gasteiger partial charge on any atom is -0.342 e. The Morgan fingerprint density at radius 3 is 2.56 bits per heavy atom. The molecule has 3 N–H and O–H groups in total. The number of halogens is 1. The lowest BCUT2D eigenvalue weighted by atomic mass is 9.91. The summed E-state index contributed by atoms with van der Waals surface area (Å²) in [5.74, 6) is -0.0568. The van der Waals surface area contributed by atoms with Gasteiger partial charge in [-0.1, -0.05) is 45.0 Å². The fraction of sp³-hybridized carbons (Fsp3) is 0.448. The molecule has 1 aliphatic heterocycles. The highest BCUT2D eigenvalue weighted by atomic mass is 19.1. The minimum atomic E-state index is -0.937. The van der Waals surface area contributed by atoms with Crippen LogP contribution >= 0.6 is 0 Å². The van der Waals surface area contributed by atoms with Crippen LogP contribution in [0.5, 0.6) is 0 Å². The van der Waals surface area contributed by atoms with Crippen LogP contribution in [0.2, 0.25) is 0 Å². The molecule has 1 aliphatic rings. The second-order valence-corrected chi connectivity index (χ2v) is 11.4. The van der Waals surface area contributed by atoms with Gasteiger partial charge in [-0.2, -0.15) is 0 Å². The third-order valence-corrected chi connectivity index (χ3v) is 7.02. The Kier molecular flexibility index (Phi) is 9.31. The van der Waals surface area contributed by atoms with Crippen molar-refractivity contribution >= 4 is 23.5 Å². The molecule has 0 spiro atoms. The highest BCUT2D eigenvalue weighted by Crippen LogP contribution is 2.23. The number of tetrazole rings is 1. The first-order valence-electron chi connectivity index (χ1n) is 13.7. The maximum atomic E-state index is 13.7. The fourth-order valence-electron chi connectivity index (χ4n) is 4.76. The lowest BCUT2D eigenvalue weighted by Crippen LogP contribution is -2.57. The van der Waals surface area contributed by atoms with Crippen LogP contribution in [-0.2, 0) is 23.1 Å². The van der Waals surface area contributed by atoms with Gasteiger partial charge in [0.05, 0.1) is 0 Å². The van der Waals surface area contributed by atoms with Crippen molar-refractivity contribution < 1.29 is 18.8 Å². The zero-order valence-electron chi connectivity index (χ0n) is 23.9. The van der Waals surface area contributed by atoms with E-state index in [1.807, 2.05) is 6.07 Å². The normalized spacial score (nSPS) is 16.1. The zero-order chi connectivity index (χ0) is 29.6. The molecule has 2 heterocycles. The van der Waals surface area contributed by atoms with Crippen LogP contribution in [-0.4, -0.2) is 68.6 Å². The van der Waals surface area contributed by atoms with Gasteiger partial charge in [-0.3, -0.25) is 9.59 Å². The molecule has 41 heavy (non-hydrogen) atoms. The van der Waals surface area contributed by atoms with Crippen LogP contribution in [0.1, 0.15) is 39.2 Å². The molecule has 1 aromatic heterocycles. The van der Waals surface area contributed by atoms with E-state index in [0.717, 1.165) is 30.4 Å². The van der Waals surface area contributed by atoms with E-state index in [-0.39, 0.29) is 30.1 Å².